The minimum absolute atomic E-state index is 0.0453. The Hall–Kier alpha value is -2.49. The number of fused-ring (bicyclic) bond motifs is 1. The molecule has 0 aliphatic carbocycles. The maximum absolute atomic E-state index is 11.7. The van der Waals surface area contributed by atoms with Crippen LogP contribution in [-0.2, 0) is 17.8 Å². The van der Waals surface area contributed by atoms with Crippen molar-refractivity contribution < 1.29 is 9.55 Å². The van der Waals surface area contributed by atoms with E-state index in [1.54, 1.807) is 0 Å². The lowest BCUT2D eigenvalue weighted by Gasteiger charge is -2.20. The van der Waals surface area contributed by atoms with Crippen molar-refractivity contribution in [3.8, 4) is 11.1 Å². The second kappa shape index (κ2) is 4.89. The van der Waals surface area contributed by atoms with Crippen LogP contribution in [0.1, 0.15) is 11.1 Å². The van der Waals surface area contributed by atoms with Crippen molar-refractivity contribution in [1.29, 1.82) is 0 Å². The predicted octanol–water partition coefficient (Wildman–Crippen LogP) is 2.57. The zero-order valence-electron chi connectivity index (χ0n) is 11.2. The Bertz CT molecular complexity index is 707. The molecule has 4 nitrogen and oxygen atoms in total. The molecule has 100 valence electrons. The summed E-state index contributed by atoms with van der Waals surface area (Å²) in [5, 5.41) is 2.87. The molecule has 0 unspecified atom stereocenters. The van der Waals surface area contributed by atoms with Gasteiger partial charge in [0.15, 0.2) is 7.05 Å². The van der Waals surface area contributed by atoms with E-state index in [0.29, 0.717) is 18.7 Å². The van der Waals surface area contributed by atoms with Crippen molar-refractivity contribution in [2.24, 2.45) is 0 Å². The number of amides is 1. The highest BCUT2D eigenvalue weighted by Crippen LogP contribution is 2.34. The molecule has 1 heterocycles. The quantitative estimate of drug-likeness (QED) is 0.850. The molecule has 2 aromatic rings. The van der Waals surface area contributed by atoms with Gasteiger partial charge in [-0.2, -0.15) is 0 Å². The monoisotopic (exact) mass is 267 g/mol. The highest BCUT2D eigenvalue weighted by molar-refractivity contribution is 5.84. The number of hydrogen-bond donors (Lipinski definition) is 1. The van der Waals surface area contributed by atoms with E-state index in [1.165, 1.54) is 7.05 Å². The number of hydrogen-bond acceptors (Lipinski definition) is 2. The fraction of sp³-hybridized carbons (Fsp3) is 0.188. The van der Waals surface area contributed by atoms with Gasteiger partial charge in [0.1, 0.15) is 0 Å². The summed E-state index contributed by atoms with van der Waals surface area (Å²) in [6, 6.07) is 13.4. The number of nitrogens with one attached hydrogen (secondary N) is 1. The molecule has 0 radical (unpaired) electrons. The molecule has 0 saturated carbocycles. The molecular weight excluding hydrogens is 252 g/mol. The van der Waals surface area contributed by atoms with E-state index in [9.17, 15) is 9.70 Å². The van der Waals surface area contributed by atoms with Crippen molar-refractivity contribution in [1.82, 2.24) is 5.32 Å². The fourth-order valence-electron chi connectivity index (χ4n) is 2.66. The maximum atomic E-state index is 11.7. The number of rotatable bonds is 2. The number of carbonyl (C=O) groups excluding carboxylic acids is 1. The molecule has 3 rings (SSSR count). The molecule has 0 spiro atoms. The number of carbonyl (C=O) groups is 1. The lowest BCUT2D eigenvalue weighted by atomic mass is 9.91. The van der Waals surface area contributed by atoms with Gasteiger partial charge in [-0.25, -0.2) is 0 Å². The van der Waals surface area contributed by atoms with Gasteiger partial charge in [0, 0.05) is 22.3 Å². The summed E-state index contributed by atoms with van der Waals surface area (Å²) in [5.41, 5.74) is 4.69. The normalized spacial score (nSPS) is 13.6. The second-order valence-corrected chi connectivity index (χ2v) is 4.91. The van der Waals surface area contributed by atoms with E-state index >= 15 is 0 Å². The smallest absolute Gasteiger partial charge is 0.263 e. The van der Waals surface area contributed by atoms with Crippen LogP contribution in [0, 0.1) is 4.91 Å². The summed E-state index contributed by atoms with van der Waals surface area (Å²) in [5.74, 6) is 0.0453. The van der Waals surface area contributed by atoms with Crippen LogP contribution in [0.25, 0.3) is 11.1 Å². The highest BCUT2D eigenvalue weighted by atomic mass is 16.3. The number of benzene rings is 2. The van der Waals surface area contributed by atoms with Crippen molar-refractivity contribution in [3.63, 3.8) is 0 Å². The van der Waals surface area contributed by atoms with Crippen LogP contribution in [0.15, 0.2) is 42.5 Å². The van der Waals surface area contributed by atoms with Crippen LogP contribution in [0.5, 0.6) is 0 Å². The van der Waals surface area contributed by atoms with Gasteiger partial charge in [-0.05, 0) is 22.8 Å². The van der Waals surface area contributed by atoms with Crippen LogP contribution >= 0.6 is 0 Å². The zero-order valence-corrected chi connectivity index (χ0v) is 11.2. The maximum Gasteiger partial charge on any atom is 0.263 e. The van der Waals surface area contributed by atoms with Gasteiger partial charge in [0.05, 0.1) is 12.0 Å². The van der Waals surface area contributed by atoms with Crippen molar-refractivity contribution in [2.45, 2.75) is 13.0 Å². The molecule has 1 amide bonds. The third-order valence-electron chi connectivity index (χ3n) is 3.62. The van der Waals surface area contributed by atoms with E-state index in [4.69, 9.17) is 0 Å². The summed E-state index contributed by atoms with van der Waals surface area (Å²) >= 11 is 0. The molecule has 0 aromatic heterocycles. The first-order valence-electron chi connectivity index (χ1n) is 6.54. The average Bonchev–Trinajstić information content (AvgIpc) is 2.46. The Morgan fingerprint density at radius 2 is 1.80 bits per heavy atom. The molecule has 0 saturated heterocycles. The molecule has 0 atom stereocenters. The van der Waals surface area contributed by atoms with Gasteiger partial charge in [-0.3, -0.25) is 4.79 Å². The SMILES string of the molecule is C[N+](=O)c1ccccc1-c1cccc2c1CNC(=O)C2. The molecule has 0 fully saturated rings. The van der Waals surface area contributed by atoms with Crippen LogP contribution in [0.2, 0.25) is 0 Å². The zero-order chi connectivity index (χ0) is 14.1. The largest absolute Gasteiger partial charge is 0.352 e. The molecule has 1 N–H and O–H groups in total. The summed E-state index contributed by atoms with van der Waals surface area (Å²) in [4.78, 5) is 23.2. The predicted molar refractivity (Wildman–Crippen MR) is 76.6 cm³/mol. The highest BCUT2D eigenvalue weighted by Gasteiger charge is 2.22. The first kappa shape index (κ1) is 12.5. The molecule has 1 aliphatic rings. The third-order valence-corrected chi connectivity index (χ3v) is 3.62. The summed E-state index contributed by atoms with van der Waals surface area (Å²) in [6.45, 7) is 0.515. The number of nitrogens with zero attached hydrogens (tertiary/aromatic N) is 1. The first-order valence-corrected chi connectivity index (χ1v) is 6.54. The van der Waals surface area contributed by atoms with Crippen molar-refractivity contribution in [3.05, 3.63) is 58.5 Å². The van der Waals surface area contributed by atoms with E-state index in [0.717, 1.165) is 27.0 Å². The third kappa shape index (κ3) is 2.09. The molecule has 0 bridgehead atoms. The van der Waals surface area contributed by atoms with Crippen molar-refractivity contribution >= 4 is 11.6 Å². The lowest BCUT2D eigenvalue weighted by molar-refractivity contribution is -0.427. The Labute approximate surface area is 117 Å². The van der Waals surface area contributed by atoms with E-state index < -0.39 is 0 Å². The van der Waals surface area contributed by atoms with Gasteiger partial charge >= 0.3 is 0 Å². The van der Waals surface area contributed by atoms with Gasteiger partial charge in [0.2, 0.25) is 5.91 Å². The minimum Gasteiger partial charge on any atom is -0.352 e. The summed E-state index contributed by atoms with van der Waals surface area (Å²) in [6.07, 6.45) is 0.401. The van der Waals surface area contributed by atoms with E-state index in [1.807, 2.05) is 42.5 Å². The van der Waals surface area contributed by atoms with Crippen molar-refractivity contribution in [2.75, 3.05) is 7.05 Å². The Morgan fingerprint density at radius 3 is 2.60 bits per heavy atom. The van der Waals surface area contributed by atoms with Gasteiger partial charge in [-0.1, -0.05) is 30.3 Å². The van der Waals surface area contributed by atoms with Gasteiger partial charge in [-0.15, -0.1) is 0 Å². The molecule has 4 heteroatoms. The van der Waals surface area contributed by atoms with Crippen LogP contribution in [0.4, 0.5) is 5.69 Å². The summed E-state index contributed by atoms with van der Waals surface area (Å²) in [7, 11) is 1.50. The standard InChI is InChI=1S/C16H14N2O2/c1-18(20)15-8-3-2-6-13(15)12-7-4-5-11-9-16(19)17-10-14(11)12/h2-8H,9-10H2,1H3/p+1. The van der Waals surface area contributed by atoms with Crippen LogP contribution in [-0.4, -0.2) is 17.7 Å². The number of para-hydroxylation sites is 1. The number of nitroso groups, excluding NO2 is 1. The molecule has 1 aliphatic heterocycles. The molecule has 20 heavy (non-hydrogen) atoms. The van der Waals surface area contributed by atoms with Crippen LogP contribution < -0.4 is 5.32 Å². The van der Waals surface area contributed by atoms with E-state index in [2.05, 4.69) is 5.32 Å². The Kier molecular flexibility index (Phi) is 3.06. The van der Waals surface area contributed by atoms with Gasteiger partial charge < -0.3 is 5.32 Å². The Balaban J connectivity index is 2.19. The topological polar surface area (TPSA) is 49.2 Å². The Morgan fingerprint density at radius 1 is 1.05 bits per heavy atom. The lowest BCUT2D eigenvalue weighted by Crippen LogP contribution is -2.30. The minimum atomic E-state index is 0.0453. The van der Waals surface area contributed by atoms with Gasteiger partial charge in [0.25, 0.3) is 5.69 Å². The molecule has 2 aromatic carbocycles. The molecular formula is C16H15N2O2+. The summed E-state index contributed by atoms with van der Waals surface area (Å²) < 4.78 is 0.871. The first-order chi connectivity index (χ1) is 9.66. The fourth-order valence-corrected chi connectivity index (χ4v) is 2.66. The second-order valence-electron chi connectivity index (χ2n) is 4.91. The average molecular weight is 267 g/mol. The van der Waals surface area contributed by atoms with E-state index in [-0.39, 0.29) is 5.91 Å². The van der Waals surface area contributed by atoms with Crippen LogP contribution in [0.3, 0.4) is 0 Å².